The molecule has 3 nitrogen and oxygen atoms in total. The first kappa shape index (κ1) is 25.5. The lowest BCUT2D eigenvalue weighted by Crippen LogP contribution is -2.08. The van der Waals surface area contributed by atoms with Crippen molar-refractivity contribution in [2.24, 2.45) is 0 Å². The number of benzene rings is 1. The summed E-state index contributed by atoms with van der Waals surface area (Å²) in [6, 6.07) is 1.73. The fourth-order valence-corrected chi connectivity index (χ4v) is 3.87. The Kier molecular flexibility index (Phi) is 13.5. The zero-order chi connectivity index (χ0) is 21.5. The van der Waals surface area contributed by atoms with E-state index >= 15 is 0 Å². The first-order chi connectivity index (χ1) is 14.0. The van der Waals surface area contributed by atoms with Gasteiger partial charge in [0.25, 0.3) is 0 Å². The van der Waals surface area contributed by atoms with Crippen LogP contribution in [0.25, 0.3) is 0 Å². The van der Waals surface area contributed by atoms with Crippen molar-refractivity contribution >= 4 is 5.97 Å². The van der Waals surface area contributed by atoms with Crippen molar-refractivity contribution in [2.45, 2.75) is 118 Å². The topological polar surface area (TPSA) is 46.5 Å². The summed E-state index contributed by atoms with van der Waals surface area (Å²) in [4.78, 5) is 11.5. The van der Waals surface area contributed by atoms with Gasteiger partial charge in [-0.25, -0.2) is 4.79 Å². The van der Waals surface area contributed by atoms with E-state index in [0.717, 1.165) is 29.5 Å². The van der Waals surface area contributed by atoms with Gasteiger partial charge in [-0.2, -0.15) is 0 Å². The smallest absolute Gasteiger partial charge is 0.339 e. The predicted molar refractivity (Wildman–Crippen MR) is 123 cm³/mol. The molecule has 0 saturated heterocycles. The van der Waals surface area contributed by atoms with Gasteiger partial charge < -0.3 is 9.84 Å². The predicted octanol–water partition coefficient (Wildman–Crippen LogP) is 8.17. The Balaban J connectivity index is 2.08. The van der Waals surface area contributed by atoms with Crippen LogP contribution in [-0.2, 0) is 0 Å². The van der Waals surface area contributed by atoms with Gasteiger partial charge in [0.1, 0.15) is 11.3 Å². The molecule has 0 amide bonds. The fraction of sp³-hybridized carbons (Fsp3) is 0.731. The molecule has 0 fully saturated rings. The molecule has 0 aliphatic rings. The maximum atomic E-state index is 11.5. The molecule has 0 atom stereocenters. The highest BCUT2D eigenvalue weighted by Gasteiger charge is 2.17. The van der Waals surface area contributed by atoms with Crippen molar-refractivity contribution < 1.29 is 14.6 Å². The summed E-state index contributed by atoms with van der Waals surface area (Å²) in [5.74, 6) is -0.359. The fourth-order valence-electron chi connectivity index (χ4n) is 3.87. The van der Waals surface area contributed by atoms with E-state index in [1.807, 2.05) is 20.8 Å². The lowest BCUT2D eigenvalue weighted by Gasteiger charge is -2.16. The second-order valence-electron chi connectivity index (χ2n) is 8.57. The molecule has 0 unspecified atom stereocenters. The molecular formula is C26H44O3. The molecule has 0 spiro atoms. The summed E-state index contributed by atoms with van der Waals surface area (Å²) in [5, 5.41) is 9.45. The minimum Gasteiger partial charge on any atom is -0.492 e. The first-order valence-corrected chi connectivity index (χ1v) is 12.0. The van der Waals surface area contributed by atoms with Gasteiger partial charge in [-0.1, -0.05) is 90.4 Å². The van der Waals surface area contributed by atoms with Gasteiger partial charge >= 0.3 is 5.97 Å². The molecule has 0 heterocycles. The zero-order valence-electron chi connectivity index (χ0n) is 19.4. The molecule has 0 radical (unpaired) electrons. The first-order valence-electron chi connectivity index (χ1n) is 12.0. The molecule has 3 heteroatoms. The van der Waals surface area contributed by atoms with Crippen LogP contribution in [0.3, 0.4) is 0 Å². The summed E-state index contributed by atoms with van der Waals surface area (Å²) in [5.41, 5.74) is 3.36. The lowest BCUT2D eigenvalue weighted by atomic mass is 9.99. The van der Waals surface area contributed by atoms with E-state index < -0.39 is 5.97 Å². The highest BCUT2D eigenvalue weighted by Crippen LogP contribution is 2.29. The number of unbranched alkanes of at least 4 members (excludes halogenated alkanes) is 13. The summed E-state index contributed by atoms with van der Waals surface area (Å²) < 4.78 is 5.89. The van der Waals surface area contributed by atoms with Gasteiger partial charge in [0.2, 0.25) is 0 Å². The number of aromatic carboxylic acids is 1. The Morgan fingerprint density at radius 3 is 1.66 bits per heavy atom. The van der Waals surface area contributed by atoms with E-state index in [-0.39, 0.29) is 5.56 Å². The number of carboxylic acid groups (broad SMARTS) is 1. The van der Waals surface area contributed by atoms with E-state index in [0.29, 0.717) is 12.4 Å². The molecule has 0 aromatic heterocycles. The molecule has 0 aliphatic heterocycles. The van der Waals surface area contributed by atoms with E-state index in [9.17, 15) is 9.90 Å². The number of hydrogen-bond acceptors (Lipinski definition) is 2. The van der Waals surface area contributed by atoms with Crippen LogP contribution in [0.2, 0.25) is 0 Å². The zero-order valence-corrected chi connectivity index (χ0v) is 19.4. The largest absolute Gasteiger partial charge is 0.492 e. The van der Waals surface area contributed by atoms with Gasteiger partial charge in [0, 0.05) is 0 Å². The Morgan fingerprint density at radius 2 is 1.21 bits per heavy atom. The van der Waals surface area contributed by atoms with Gasteiger partial charge in [0.15, 0.2) is 0 Å². The van der Waals surface area contributed by atoms with Crippen molar-refractivity contribution in [3.05, 3.63) is 28.3 Å². The number of carbonyl (C=O) groups is 1. The molecule has 0 bridgehead atoms. The van der Waals surface area contributed by atoms with Crippen LogP contribution in [0.1, 0.15) is 124 Å². The summed E-state index contributed by atoms with van der Waals surface area (Å²) in [6.45, 7) is 8.80. The van der Waals surface area contributed by atoms with Gasteiger partial charge in [-0.05, 0) is 49.9 Å². The molecule has 29 heavy (non-hydrogen) atoms. The van der Waals surface area contributed by atoms with Crippen molar-refractivity contribution in [3.8, 4) is 5.75 Å². The molecule has 0 aliphatic carbocycles. The molecule has 1 aromatic carbocycles. The molecule has 0 saturated carbocycles. The molecular weight excluding hydrogens is 360 g/mol. The Hall–Kier alpha value is -1.51. The van der Waals surface area contributed by atoms with Crippen LogP contribution in [-0.4, -0.2) is 17.7 Å². The Labute approximate surface area is 179 Å². The normalized spacial score (nSPS) is 11.0. The van der Waals surface area contributed by atoms with Gasteiger partial charge in [-0.15, -0.1) is 0 Å². The molecule has 1 rings (SSSR count). The number of carboxylic acids is 1. The van der Waals surface area contributed by atoms with Crippen LogP contribution < -0.4 is 4.74 Å². The SMILES string of the molecule is CCCCCCCCCCCCCCCCOc1c(C(=O)O)cc(C)c(C)c1C. The van der Waals surface area contributed by atoms with Crippen molar-refractivity contribution in [1.82, 2.24) is 0 Å². The minimum absolute atomic E-state index is 0.288. The maximum Gasteiger partial charge on any atom is 0.339 e. The van der Waals surface area contributed by atoms with E-state index in [2.05, 4.69) is 6.92 Å². The molecule has 1 aromatic rings. The van der Waals surface area contributed by atoms with E-state index in [4.69, 9.17) is 4.74 Å². The molecule has 1 N–H and O–H groups in total. The minimum atomic E-state index is -0.910. The van der Waals surface area contributed by atoms with Crippen molar-refractivity contribution in [2.75, 3.05) is 6.61 Å². The highest BCUT2D eigenvalue weighted by molar-refractivity contribution is 5.92. The second-order valence-corrected chi connectivity index (χ2v) is 8.57. The van der Waals surface area contributed by atoms with Crippen LogP contribution in [0, 0.1) is 20.8 Å². The quantitative estimate of drug-likeness (QED) is 0.266. The Bertz CT molecular complexity index is 592. The third-order valence-electron chi connectivity index (χ3n) is 6.07. The average Bonchev–Trinajstić information content (AvgIpc) is 2.70. The summed E-state index contributed by atoms with van der Waals surface area (Å²) in [7, 11) is 0. The second kappa shape index (κ2) is 15.3. The third-order valence-corrected chi connectivity index (χ3v) is 6.07. The Morgan fingerprint density at radius 1 is 0.759 bits per heavy atom. The van der Waals surface area contributed by atoms with Crippen molar-refractivity contribution in [1.29, 1.82) is 0 Å². The number of rotatable bonds is 17. The summed E-state index contributed by atoms with van der Waals surface area (Å²) in [6.07, 6.45) is 18.6. The standard InChI is InChI=1S/C26H44O3/c1-5-6-7-8-9-10-11-12-13-14-15-16-17-18-19-29-25-23(4)22(3)21(2)20-24(25)26(27)28/h20H,5-19H2,1-4H3,(H,27,28). The van der Waals surface area contributed by atoms with Crippen LogP contribution >= 0.6 is 0 Å². The van der Waals surface area contributed by atoms with Crippen LogP contribution in [0.4, 0.5) is 0 Å². The van der Waals surface area contributed by atoms with E-state index in [1.54, 1.807) is 6.07 Å². The summed E-state index contributed by atoms with van der Waals surface area (Å²) >= 11 is 0. The van der Waals surface area contributed by atoms with Crippen molar-refractivity contribution in [3.63, 3.8) is 0 Å². The van der Waals surface area contributed by atoms with Gasteiger partial charge in [-0.3, -0.25) is 0 Å². The maximum absolute atomic E-state index is 11.5. The number of aryl methyl sites for hydroxylation is 1. The average molecular weight is 405 g/mol. The monoisotopic (exact) mass is 404 g/mol. The highest BCUT2D eigenvalue weighted by atomic mass is 16.5. The lowest BCUT2D eigenvalue weighted by molar-refractivity contribution is 0.0691. The van der Waals surface area contributed by atoms with E-state index in [1.165, 1.54) is 77.0 Å². The number of hydrogen-bond donors (Lipinski definition) is 1. The van der Waals surface area contributed by atoms with Gasteiger partial charge in [0.05, 0.1) is 6.61 Å². The number of ether oxygens (including phenoxy) is 1. The molecule has 166 valence electrons. The van der Waals surface area contributed by atoms with Crippen LogP contribution in [0.5, 0.6) is 5.75 Å². The third kappa shape index (κ3) is 10.2. The van der Waals surface area contributed by atoms with Crippen LogP contribution in [0.15, 0.2) is 6.07 Å².